The lowest BCUT2D eigenvalue weighted by Crippen LogP contribution is -2.59. The minimum absolute atomic E-state index is 0.0137. The number of carbonyl (C=O) groups excluding carboxylic acids is 6. The molecule has 0 saturated heterocycles. The number of carbonyl (C=O) groups is 6. The number of fused-ring (bicyclic) bond motifs is 1. The Kier molecular flexibility index (Phi) is 21.0. The minimum atomic E-state index is -1.37. The van der Waals surface area contributed by atoms with Crippen LogP contribution in [0.15, 0.2) is 51.0 Å². The summed E-state index contributed by atoms with van der Waals surface area (Å²) in [6.07, 6.45) is 5.50. The lowest BCUT2D eigenvalue weighted by atomic mass is 10.0. The Balaban J connectivity index is 1.88. The van der Waals surface area contributed by atoms with Gasteiger partial charge in [0.2, 0.25) is 35.4 Å². The average Bonchev–Trinajstić information content (AvgIpc) is 3.74. The first-order valence-corrected chi connectivity index (χ1v) is 20.5. The fraction of sp³-hybridized carbons (Fsp3) is 0.525. The molecule has 0 aliphatic rings. The molecule has 62 heavy (non-hydrogen) atoms. The Morgan fingerprint density at radius 3 is 1.98 bits per heavy atom. The molecule has 0 bridgehead atoms. The van der Waals surface area contributed by atoms with E-state index >= 15 is 0 Å². The van der Waals surface area contributed by atoms with Crippen molar-refractivity contribution in [3.8, 4) is 0 Å². The summed E-state index contributed by atoms with van der Waals surface area (Å²) in [4.78, 5) is 104. The van der Waals surface area contributed by atoms with Crippen molar-refractivity contribution < 1.29 is 38.3 Å². The van der Waals surface area contributed by atoms with Gasteiger partial charge in [-0.2, -0.15) is 0 Å². The third-order valence-corrected chi connectivity index (χ3v) is 9.67. The Bertz CT molecular complexity index is 2040. The predicted octanol–water partition coefficient (Wildman–Crippen LogP) is -1.99. The van der Waals surface area contributed by atoms with E-state index in [-0.39, 0.29) is 50.2 Å². The molecule has 1 aromatic carbocycles. The number of aliphatic hydroxyl groups is 1. The van der Waals surface area contributed by atoms with Crippen LogP contribution in [-0.4, -0.2) is 120 Å². The number of guanidine groups is 1. The lowest BCUT2D eigenvalue weighted by molar-refractivity contribution is -0.135. The summed E-state index contributed by atoms with van der Waals surface area (Å²) in [5.74, 6) is -4.39. The molecule has 15 N–H and O–H groups in total. The van der Waals surface area contributed by atoms with Gasteiger partial charge in [0.1, 0.15) is 35.8 Å². The standard InChI is InChI=1S/C40H61N13O9/c1-23-17-34(56)62-33-19-25(12-13-27(23)33)49-35(57)28(10-5-7-15-44-3)50-36(58)29(9-4-6-14-41)51-38(60)31(18-26-20-45-22-47-26)53-37(59)30(11-8-16-46-40(42)43)52-39(61)32(21-54)48-24(2)55/h12-13,17,19-20,22,28-32,44,54H,4-11,14-16,18,21,41H2,1-3H3,(H,45,47)(H,48,55)(H,49,57)(H,50,58)(H,51,60)(H,52,61)(H,53,59)(H4,42,43,46)/t28-,29-,30-,31-,32-/m0/s1. The number of hydrogen-bond donors (Lipinski definition) is 12. The number of nitrogens with one attached hydrogen (secondary N) is 8. The molecule has 0 unspecified atom stereocenters. The zero-order valence-electron chi connectivity index (χ0n) is 35.4. The van der Waals surface area contributed by atoms with Crippen molar-refractivity contribution in [1.82, 2.24) is 41.9 Å². The molecule has 2 aromatic heterocycles. The maximum absolute atomic E-state index is 14.2. The molecular formula is C40H61N13O9. The molecule has 0 spiro atoms. The Labute approximate surface area is 358 Å². The second-order valence-electron chi connectivity index (χ2n) is 14.7. The van der Waals surface area contributed by atoms with Crippen LogP contribution < -0.4 is 60.0 Å². The Morgan fingerprint density at radius 1 is 0.806 bits per heavy atom. The van der Waals surface area contributed by atoms with E-state index in [2.05, 4.69) is 52.2 Å². The van der Waals surface area contributed by atoms with Crippen LogP contribution in [0, 0.1) is 6.92 Å². The molecule has 3 rings (SSSR count). The number of nitrogens with two attached hydrogens (primary N) is 3. The van der Waals surface area contributed by atoms with Crippen LogP contribution in [0.3, 0.4) is 0 Å². The van der Waals surface area contributed by atoms with Crippen LogP contribution in [0.25, 0.3) is 11.0 Å². The number of imidazole rings is 1. The first-order valence-electron chi connectivity index (χ1n) is 20.5. The summed E-state index contributed by atoms with van der Waals surface area (Å²) in [6, 6.07) is 0.0593. The number of aromatic nitrogens is 2. The van der Waals surface area contributed by atoms with Gasteiger partial charge in [-0.25, -0.2) is 9.78 Å². The van der Waals surface area contributed by atoms with Gasteiger partial charge in [0.05, 0.1) is 12.9 Å². The summed E-state index contributed by atoms with van der Waals surface area (Å²) >= 11 is 0. The first kappa shape index (κ1) is 50.0. The third-order valence-electron chi connectivity index (χ3n) is 9.67. The molecule has 6 amide bonds. The third kappa shape index (κ3) is 16.9. The Morgan fingerprint density at radius 2 is 1.40 bits per heavy atom. The van der Waals surface area contributed by atoms with Crippen LogP contribution in [0.5, 0.6) is 0 Å². The number of aliphatic hydroxyl groups excluding tert-OH is 1. The van der Waals surface area contributed by atoms with Crippen molar-refractivity contribution in [3.05, 3.63) is 58.5 Å². The number of hydrogen-bond acceptors (Lipinski definition) is 13. The summed E-state index contributed by atoms with van der Waals surface area (Å²) in [6.45, 7) is 3.26. The second kappa shape index (κ2) is 26.1. The van der Waals surface area contributed by atoms with Crippen molar-refractivity contribution in [2.24, 2.45) is 22.2 Å². The number of unbranched alkanes of at least 4 members (excludes halogenated alkanes) is 2. The molecule has 22 heteroatoms. The largest absolute Gasteiger partial charge is 0.423 e. The molecule has 22 nitrogen and oxygen atoms in total. The van der Waals surface area contributed by atoms with Crippen molar-refractivity contribution in [1.29, 1.82) is 0 Å². The van der Waals surface area contributed by atoms with Crippen LogP contribution in [-0.2, 0) is 35.2 Å². The number of aliphatic imine (C=N–C) groups is 1. The smallest absolute Gasteiger partial charge is 0.336 e. The van der Waals surface area contributed by atoms with Gasteiger partial charge in [-0.3, -0.25) is 33.8 Å². The van der Waals surface area contributed by atoms with E-state index in [4.69, 9.17) is 21.6 Å². The minimum Gasteiger partial charge on any atom is -0.423 e. The van der Waals surface area contributed by atoms with Crippen molar-refractivity contribution in [3.63, 3.8) is 0 Å². The van der Waals surface area contributed by atoms with E-state index in [9.17, 15) is 38.7 Å². The van der Waals surface area contributed by atoms with Crippen molar-refractivity contribution in [2.45, 2.75) is 102 Å². The predicted molar refractivity (Wildman–Crippen MR) is 231 cm³/mol. The fourth-order valence-corrected chi connectivity index (χ4v) is 6.44. The quantitative estimate of drug-likeness (QED) is 0.0171. The lowest BCUT2D eigenvalue weighted by Gasteiger charge is -2.27. The molecule has 2 heterocycles. The molecule has 0 saturated carbocycles. The topological polar surface area (TPSA) is 356 Å². The van der Waals surface area contributed by atoms with E-state index in [0.717, 1.165) is 6.92 Å². The molecule has 0 fully saturated rings. The number of benzene rings is 1. The number of nitrogens with zero attached hydrogens (tertiary/aromatic N) is 2. The number of anilines is 1. The van der Waals surface area contributed by atoms with Gasteiger partial charge in [0.15, 0.2) is 5.96 Å². The summed E-state index contributed by atoms with van der Waals surface area (Å²) in [5, 5.41) is 29.4. The fourth-order valence-electron chi connectivity index (χ4n) is 6.44. The molecule has 0 radical (unpaired) electrons. The normalized spacial score (nSPS) is 13.4. The van der Waals surface area contributed by atoms with Crippen LogP contribution in [0.1, 0.15) is 69.5 Å². The van der Waals surface area contributed by atoms with Gasteiger partial charge in [-0.15, -0.1) is 0 Å². The van der Waals surface area contributed by atoms with E-state index in [1.54, 1.807) is 26.1 Å². The van der Waals surface area contributed by atoms with Crippen molar-refractivity contribution in [2.75, 3.05) is 38.6 Å². The highest BCUT2D eigenvalue weighted by Crippen LogP contribution is 2.21. The van der Waals surface area contributed by atoms with Gasteiger partial charge < -0.3 is 68.9 Å². The number of rotatable bonds is 27. The number of aryl methyl sites for hydroxylation is 1. The summed E-state index contributed by atoms with van der Waals surface area (Å²) in [7, 11) is 1.80. The zero-order chi connectivity index (χ0) is 45.6. The van der Waals surface area contributed by atoms with Crippen LogP contribution in [0.2, 0.25) is 0 Å². The molecule has 0 aliphatic heterocycles. The molecular weight excluding hydrogens is 807 g/mol. The maximum atomic E-state index is 14.2. The molecule has 0 aliphatic carbocycles. The van der Waals surface area contributed by atoms with E-state index in [0.29, 0.717) is 61.1 Å². The highest BCUT2D eigenvalue weighted by atomic mass is 16.4. The summed E-state index contributed by atoms with van der Waals surface area (Å²) < 4.78 is 5.34. The first-order chi connectivity index (χ1) is 29.6. The second-order valence-corrected chi connectivity index (χ2v) is 14.7. The van der Waals surface area contributed by atoms with Gasteiger partial charge >= 0.3 is 5.63 Å². The SMILES string of the molecule is CNCCCC[C@H](NC(=O)[C@H](CCCCN)NC(=O)[C@H](Cc1cnc[nH]1)NC(=O)[C@H](CCCN=C(N)N)NC(=O)[C@H](CO)NC(C)=O)C(=O)Nc1ccc2c(C)cc(=O)oc2c1. The molecule has 5 atom stereocenters. The van der Waals surface area contributed by atoms with Crippen LogP contribution >= 0.6 is 0 Å². The monoisotopic (exact) mass is 867 g/mol. The molecule has 3 aromatic rings. The number of H-pyrrole nitrogens is 1. The number of aromatic amines is 1. The highest BCUT2D eigenvalue weighted by molar-refractivity contribution is 6.00. The van der Waals surface area contributed by atoms with E-state index in [1.165, 1.54) is 24.7 Å². The Hall–Kier alpha value is -6.39. The van der Waals surface area contributed by atoms with Gasteiger partial charge in [0, 0.05) is 55.0 Å². The van der Waals surface area contributed by atoms with E-state index < -0.39 is 77.9 Å². The molecule has 340 valence electrons. The van der Waals surface area contributed by atoms with E-state index in [1.807, 2.05) is 0 Å². The average molecular weight is 868 g/mol. The summed E-state index contributed by atoms with van der Waals surface area (Å²) in [5.41, 5.74) is 17.9. The zero-order valence-corrected chi connectivity index (χ0v) is 35.4. The van der Waals surface area contributed by atoms with Crippen LogP contribution in [0.4, 0.5) is 5.69 Å². The highest BCUT2D eigenvalue weighted by Gasteiger charge is 2.32. The number of amides is 6. The maximum Gasteiger partial charge on any atom is 0.336 e. The van der Waals surface area contributed by atoms with Crippen molar-refractivity contribution >= 4 is 58.1 Å². The van der Waals surface area contributed by atoms with Gasteiger partial charge in [-0.05, 0) is 96.1 Å². The van der Waals surface area contributed by atoms with Gasteiger partial charge in [-0.1, -0.05) is 0 Å². The van der Waals surface area contributed by atoms with Gasteiger partial charge in [0.25, 0.3) is 0 Å².